The van der Waals surface area contributed by atoms with Crippen molar-refractivity contribution in [1.29, 1.82) is 0 Å². The molecule has 3 N–H and O–H groups in total. The lowest BCUT2D eigenvalue weighted by molar-refractivity contribution is 0.371. The first-order chi connectivity index (χ1) is 11.4. The van der Waals surface area contributed by atoms with Crippen LogP contribution >= 0.6 is 7.60 Å². The smallest absolute Gasteiger partial charge is 0.329 e. The topological polar surface area (TPSA) is 105 Å². The van der Waals surface area contributed by atoms with E-state index in [2.05, 4.69) is 15.3 Å². The van der Waals surface area contributed by atoms with Gasteiger partial charge >= 0.3 is 7.60 Å². The van der Waals surface area contributed by atoms with Crippen molar-refractivity contribution in [2.75, 3.05) is 12.4 Å². The maximum Gasteiger partial charge on any atom is 0.329 e. The molecule has 0 bridgehead atoms. The lowest BCUT2D eigenvalue weighted by Gasteiger charge is -2.10. The van der Waals surface area contributed by atoms with Gasteiger partial charge in [-0.3, -0.25) is 4.57 Å². The Balaban J connectivity index is 1.86. The van der Waals surface area contributed by atoms with Crippen LogP contribution in [0.4, 0.5) is 11.4 Å². The van der Waals surface area contributed by atoms with E-state index in [1.807, 2.05) is 12.1 Å². The molecule has 2 aromatic heterocycles. The van der Waals surface area contributed by atoms with Gasteiger partial charge in [0.1, 0.15) is 0 Å². The van der Waals surface area contributed by atoms with Crippen LogP contribution in [0.2, 0.25) is 0 Å². The molecule has 1 aromatic carbocycles. The summed E-state index contributed by atoms with van der Waals surface area (Å²) in [6.07, 6.45) is 1.38. The second kappa shape index (κ2) is 6.57. The monoisotopic (exact) mass is 345 g/mol. The number of nitrogens with one attached hydrogen (secondary N) is 1. The van der Waals surface area contributed by atoms with Crippen LogP contribution < -0.4 is 10.1 Å². The molecule has 124 valence electrons. The first kappa shape index (κ1) is 16.4. The van der Waals surface area contributed by atoms with Gasteiger partial charge in [0.25, 0.3) is 0 Å². The van der Waals surface area contributed by atoms with E-state index in [9.17, 15) is 4.57 Å². The molecule has 3 aromatic rings. The van der Waals surface area contributed by atoms with E-state index in [0.29, 0.717) is 17.1 Å². The molecule has 0 saturated carbocycles. The maximum absolute atomic E-state index is 11.0. The Morgan fingerprint density at radius 2 is 1.88 bits per heavy atom. The number of rotatable bonds is 5. The Labute approximate surface area is 138 Å². The second-order valence-electron chi connectivity index (χ2n) is 5.23. The van der Waals surface area contributed by atoms with Gasteiger partial charge < -0.3 is 19.8 Å². The van der Waals surface area contributed by atoms with E-state index in [-0.39, 0.29) is 6.16 Å². The zero-order valence-corrected chi connectivity index (χ0v) is 13.8. The highest BCUT2D eigenvalue weighted by atomic mass is 31.2. The first-order valence-corrected chi connectivity index (χ1v) is 8.95. The standard InChI is InChI=1S/C16H16N3O4P/c1-23-15-7-6-13-14(8-9-17-16(13)19-15)18-12-4-2-11(3-5-12)10-24(20,21)22/h2-9H,10H2,1H3,(H,17,18,19)(H2,20,21,22). The fourth-order valence-corrected chi connectivity index (χ4v) is 3.01. The van der Waals surface area contributed by atoms with Gasteiger partial charge in [-0.05, 0) is 29.8 Å². The molecule has 0 radical (unpaired) electrons. The number of nitrogens with zero attached hydrogens (tertiary/aromatic N) is 2. The van der Waals surface area contributed by atoms with E-state index in [4.69, 9.17) is 14.5 Å². The Morgan fingerprint density at radius 1 is 1.12 bits per heavy atom. The second-order valence-corrected chi connectivity index (χ2v) is 6.87. The highest BCUT2D eigenvalue weighted by molar-refractivity contribution is 7.50. The molecule has 0 aliphatic rings. The van der Waals surface area contributed by atoms with Crippen LogP contribution in [0.25, 0.3) is 11.0 Å². The lowest BCUT2D eigenvalue weighted by atomic mass is 10.2. The average molecular weight is 345 g/mol. The van der Waals surface area contributed by atoms with Crippen molar-refractivity contribution in [2.45, 2.75) is 6.16 Å². The summed E-state index contributed by atoms with van der Waals surface area (Å²) < 4.78 is 16.1. The molecule has 2 heterocycles. The summed E-state index contributed by atoms with van der Waals surface area (Å²) in [5.41, 5.74) is 2.78. The molecule has 8 heteroatoms. The van der Waals surface area contributed by atoms with E-state index in [1.54, 1.807) is 43.6 Å². The molecule has 24 heavy (non-hydrogen) atoms. The molecule has 0 saturated heterocycles. The summed E-state index contributed by atoms with van der Waals surface area (Å²) in [4.78, 5) is 26.5. The molecule has 0 aliphatic carbocycles. The van der Waals surface area contributed by atoms with Crippen LogP contribution in [0, 0.1) is 0 Å². The van der Waals surface area contributed by atoms with Crippen molar-refractivity contribution in [1.82, 2.24) is 9.97 Å². The molecule has 0 spiro atoms. The summed E-state index contributed by atoms with van der Waals surface area (Å²) >= 11 is 0. The zero-order valence-electron chi connectivity index (χ0n) is 12.9. The van der Waals surface area contributed by atoms with Crippen LogP contribution in [0.15, 0.2) is 48.7 Å². The van der Waals surface area contributed by atoms with Gasteiger partial charge in [0, 0.05) is 23.3 Å². The van der Waals surface area contributed by atoms with Crippen LogP contribution in [0.5, 0.6) is 5.88 Å². The largest absolute Gasteiger partial charge is 0.481 e. The van der Waals surface area contributed by atoms with E-state index < -0.39 is 7.60 Å². The van der Waals surface area contributed by atoms with Crippen molar-refractivity contribution < 1.29 is 19.1 Å². The predicted octanol–water partition coefficient (Wildman–Crippen LogP) is 3.06. The summed E-state index contributed by atoms with van der Waals surface area (Å²) in [5.74, 6) is 0.494. The first-order valence-electron chi connectivity index (χ1n) is 7.15. The Morgan fingerprint density at radius 3 is 2.54 bits per heavy atom. The third-order valence-corrected chi connectivity index (χ3v) is 4.19. The number of aromatic nitrogens is 2. The van der Waals surface area contributed by atoms with Crippen molar-refractivity contribution in [3.63, 3.8) is 0 Å². The SMILES string of the molecule is COc1ccc2c(Nc3ccc(CP(=O)(O)O)cc3)ccnc2n1. The third-order valence-electron chi connectivity index (χ3n) is 3.41. The highest BCUT2D eigenvalue weighted by Crippen LogP contribution is 2.39. The Kier molecular flexibility index (Phi) is 4.49. The summed E-state index contributed by atoms with van der Waals surface area (Å²) in [6.45, 7) is 0. The normalized spacial score (nSPS) is 11.5. The van der Waals surface area contributed by atoms with E-state index >= 15 is 0 Å². The number of hydrogen-bond acceptors (Lipinski definition) is 5. The quantitative estimate of drug-likeness (QED) is 0.610. The zero-order chi connectivity index (χ0) is 17.2. The maximum atomic E-state index is 11.0. The third kappa shape index (κ3) is 3.89. The average Bonchev–Trinajstić information content (AvgIpc) is 2.55. The molecule has 0 unspecified atom stereocenters. The van der Waals surface area contributed by atoms with Crippen LogP contribution in [-0.4, -0.2) is 26.9 Å². The van der Waals surface area contributed by atoms with Gasteiger partial charge in [0.2, 0.25) is 5.88 Å². The van der Waals surface area contributed by atoms with Crippen molar-refractivity contribution >= 4 is 30.0 Å². The van der Waals surface area contributed by atoms with Crippen molar-refractivity contribution in [3.8, 4) is 5.88 Å². The number of benzene rings is 1. The number of methoxy groups -OCH3 is 1. The Bertz CT molecular complexity index is 909. The molecule has 0 amide bonds. The number of pyridine rings is 2. The molecule has 3 rings (SSSR count). The fraction of sp³-hybridized carbons (Fsp3) is 0.125. The van der Waals surface area contributed by atoms with Gasteiger partial charge in [-0.2, -0.15) is 4.98 Å². The van der Waals surface area contributed by atoms with Gasteiger partial charge in [-0.25, -0.2) is 4.98 Å². The van der Waals surface area contributed by atoms with Crippen LogP contribution in [0.3, 0.4) is 0 Å². The fourth-order valence-electron chi connectivity index (χ4n) is 2.32. The molecule has 0 aliphatic heterocycles. The minimum atomic E-state index is -4.06. The van der Waals surface area contributed by atoms with E-state index in [0.717, 1.165) is 16.8 Å². The van der Waals surface area contributed by atoms with Gasteiger partial charge in [-0.1, -0.05) is 12.1 Å². The summed E-state index contributed by atoms with van der Waals surface area (Å²) in [7, 11) is -2.51. The van der Waals surface area contributed by atoms with Crippen LogP contribution in [-0.2, 0) is 10.7 Å². The lowest BCUT2D eigenvalue weighted by Crippen LogP contribution is -1.95. The summed E-state index contributed by atoms with van der Waals surface area (Å²) in [5, 5.41) is 4.10. The number of anilines is 2. The van der Waals surface area contributed by atoms with Gasteiger partial charge in [0.05, 0.1) is 19.0 Å². The molecule has 0 fully saturated rings. The minimum Gasteiger partial charge on any atom is -0.481 e. The van der Waals surface area contributed by atoms with Gasteiger partial charge in [-0.15, -0.1) is 0 Å². The number of ether oxygens (including phenoxy) is 1. The van der Waals surface area contributed by atoms with Crippen LogP contribution in [0.1, 0.15) is 5.56 Å². The van der Waals surface area contributed by atoms with Crippen molar-refractivity contribution in [3.05, 3.63) is 54.2 Å². The highest BCUT2D eigenvalue weighted by Gasteiger charge is 2.13. The Hall–Kier alpha value is -2.47. The molecule has 7 nitrogen and oxygen atoms in total. The molecular weight excluding hydrogens is 329 g/mol. The number of hydrogen-bond donors (Lipinski definition) is 3. The number of fused-ring (bicyclic) bond motifs is 1. The van der Waals surface area contributed by atoms with E-state index in [1.165, 1.54) is 0 Å². The summed E-state index contributed by atoms with van der Waals surface area (Å²) in [6, 6.07) is 12.4. The minimum absolute atomic E-state index is 0.269. The van der Waals surface area contributed by atoms with Crippen molar-refractivity contribution in [2.24, 2.45) is 0 Å². The molecular formula is C16H16N3O4P. The molecule has 0 atom stereocenters. The predicted molar refractivity (Wildman–Crippen MR) is 91.6 cm³/mol. The van der Waals surface area contributed by atoms with Gasteiger partial charge in [0.15, 0.2) is 5.65 Å².